The minimum atomic E-state index is -0.106. The van der Waals surface area contributed by atoms with E-state index in [-0.39, 0.29) is 24.1 Å². The molecule has 146 valence electrons. The highest BCUT2D eigenvalue weighted by Crippen LogP contribution is 2.30. The van der Waals surface area contributed by atoms with Gasteiger partial charge in [-0.2, -0.15) is 5.10 Å². The van der Waals surface area contributed by atoms with Crippen molar-refractivity contribution in [2.75, 3.05) is 0 Å². The van der Waals surface area contributed by atoms with Crippen molar-refractivity contribution in [3.63, 3.8) is 0 Å². The predicted molar refractivity (Wildman–Crippen MR) is 107 cm³/mol. The van der Waals surface area contributed by atoms with Crippen LogP contribution in [0.2, 0.25) is 0 Å². The third-order valence-corrected chi connectivity index (χ3v) is 5.35. The maximum atomic E-state index is 12.2. The van der Waals surface area contributed by atoms with Gasteiger partial charge in [-0.1, -0.05) is 15.9 Å². The number of pyridine rings is 1. The van der Waals surface area contributed by atoms with Gasteiger partial charge in [0.25, 0.3) is 0 Å². The Kier molecular flexibility index (Phi) is 6.52. The SMILES string of the molecule is CC(C)OC(=O)[C@H]1CCC[C@H](Oc2ccc(-c3cnn(C)c3CBr)nc2)C1. The molecule has 27 heavy (non-hydrogen) atoms. The minimum absolute atomic E-state index is 0.0209. The van der Waals surface area contributed by atoms with Crippen molar-refractivity contribution in [1.29, 1.82) is 0 Å². The van der Waals surface area contributed by atoms with Gasteiger partial charge >= 0.3 is 5.97 Å². The Morgan fingerprint density at radius 2 is 2.15 bits per heavy atom. The monoisotopic (exact) mass is 435 g/mol. The Morgan fingerprint density at radius 3 is 2.81 bits per heavy atom. The van der Waals surface area contributed by atoms with E-state index in [1.165, 1.54) is 0 Å². The van der Waals surface area contributed by atoms with E-state index >= 15 is 0 Å². The summed E-state index contributed by atoms with van der Waals surface area (Å²) in [5, 5.41) is 5.01. The molecule has 0 radical (unpaired) electrons. The molecule has 0 aliphatic heterocycles. The number of aryl methyl sites for hydroxylation is 1. The van der Waals surface area contributed by atoms with Gasteiger partial charge in [-0.15, -0.1) is 0 Å². The number of nitrogens with zero attached hydrogens (tertiary/aromatic N) is 3. The summed E-state index contributed by atoms with van der Waals surface area (Å²) in [6.45, 7) is 3.76. The van der Waals surface area contributed by atoms with Crippen LogP contribution in [0.3, 0.4) is 0 Å². The number of esters is 1. The van der Waals surface area contributed by atoms with Gasteiger partial charge in [0.1, 0.15) is 5.75 Å². The van der Waals surface area contributed by atoms with Gasteiger partial charge in [-0.05, 0) is 51.7 Å². The van der Waals surface area contributed by atoms with Crippen LogP contribution in [0.1, 0.15) is 45.2 Å². The fourth-order valence-corrected chi connectivity index (χ4v) is 4.10. The zero-order chi connectivity index (χ0) is 19.4. The first-order chi connectivity index (χ1) is 13.0. The van der Waals surface area contributed by atoms with Crippen LogP contribution < -0.4 is 4.74 Å². The number of carbonyl (C=O) groups is 1. The second-order valence-corrected chi connectivity index (χ2v) is 7.79. The summed E-state index contributed by atoms with van der Waals surface area (Å²) in [5.41, 5.74) is 2.96. The number of hydrogen-bond acceptors (Lipinski definition) is 5. The lowest BCUT2D eigenvalue weighted by Crippen LogP contribution is -2.31. The Morgan fingerprint density at radius 1 is 1.33 bits per heavy atom. The molecule has 1 fully saturated rings. The summed E-state index contributed by atoms with van der Waals surface area (Å²) >= 11 is 3.50. The highest BCUT2D eigenvalue weighted by Gasteiger charge is 2.30. The van der Waals surface area contributed by atoms with Gasteiger partial charge in [0.2, 0.25) is 0 Å². The molecule has 7 heteroatoms. The zero-order valence-corrected chi connectivity index (χ0v) is 17.6. The molecule has 0 N–H and O–H groups in total. The Bertz CT molecular complexity index is 773. The smallest absolute Gasteiger partial charge is 0.309 e. The van der Waals surface area contributed by atoms with Gasteiger partial charge in [-0.3, -0.25) is 14.5 Å². The fraction of sp³-hybridized carbons (Fsp3) is 0.550. The molecular formula is C20H26BrN3O3. The summed E-state index contributed by atoms with van der Waals surface area (Å²) in [5.74, 6) is 0.548. The molecule has 0 bridgehead atoms. The molecule has 0 unspecified atom stereocenters. The van der Waals surface area contributed by atoms with Crippen molar-refractivity contribution in [2.24, 2.45) is 13.0 Å². The summed E-state index contributed by atoms with van der Waals surface area (Å²) in [7, 11) is 1.92. The number of alkyl halides is 1. The molecule has 1 aliphatic carbocycles. The molecule has 1 saturated carbocycles. The molecule has 1 aliphatic rings. The topological polar surface area (TPSA) is 66.2 Å². The molecular weight excluding hydrogens is 410 g/mol. The van der Waals surface area contributed by atoms with Gasteiger partial charge < -0.3 is 9.47 Å². The van der Waals surface area contributed by atoms with E-state index in [0.717, 1.165) is 42.0 Å². The lowest BCUT2D eigenvalue weighted by Gasteiger charge is -2.28. The molecule has 0 amide bonds. The molecule has 6 nitrogen and oxygen atoms in total. The van der Waals surface area contributed by atoms with Crippen LogP contribution in [0.5, 0.6) is 5.75 Å². The lowest BCUT2D eigenvalue weighted by molar-refractivity contribution is -0.154. The lowest BCUT2D eigenvalue weighted by atomic mass is 9.87. The quantitative estimate of drug-likeness (QED) is 0.500. The van der Waals surface area contributed by atoms with Crippen LogP contribution >= 0.6 is 15.9 Å². The number of halogens is 1. The first-order valence-corrected chi connectivity index (χ1v) is 10.5. The summed E-state index contributed by atoms with van der Waals surface area (Å²) < 4.78 is 13.3. The van der Waals surface area contributed by atoms with Crippen LogP contribution in [0.4, 0.5) is 0 Å². The number of hydrogen-bond donors (Lipinski definition) is 0. The average molecular weight is 436 g/mol. The second kappa shape index (κ2) is 8.87. The van der Waals surface area contributed by atoms with Crippen LogP contribution in [0.15, 0.2) is 24.5 Å². The summed E-state index contributed by atoms with van der Waals surface area (Å²) in [6, 6.07) is 3.88. The normalized spacial score (nSPS) is 19.9. The number of aromatic nitrogens is 3. The number of ether oxygens (including phenoxy) is 2. The molecule has 2 aromatic rings. The van der Waals surface area contributed by atoms with Crippen molar-refractivity contribution in [3.05, 3.63) is 30.2 Å². The second-order valence-electron chi connectivity index (χ2n) is 7.23. The van der Waals surface area contributed by atoms with E-state index in [9.17, 15) is 4.79 Å². The summed E-state index contributed by atoms with van der Waals surface area (Å²) in [6.07, 6.45) is 7.01. The summed E-state index contributed by atoms with van der Waals surface area (Å²) in [4.78, 5) is 16.7. The predicted octanol–water partition coefficient (Wildman–Crippen LogP) is 4.27. The highest BCUT2D eigenvalue weighted by atomic mass is 79.9. The molecule has 2 heterocycles. The first kappa shape index (κ1) is 19.9. The molecule has 0 spiro atoms. The van der Waals surface area contributed by atoms with Gasteiger partial charge in [-0.25, -0.2) is 0 Å². The van der Waals surface area contributed by atoms with E-state index < -0.39 is 0 Å². The van der Waals surface area contributed by atoms with Gasteiger partial charge in [0.05, 0.1) is 41.9 Å². The van der Waals surface area contributed by atoms with Crippen molar-refractivity contribution in [2.45, 2.75) is 57.1 Å². The molecule has 0 saturated heterocycles. The number of carbonyl (C=O) groups excluding carboxylic acids is 1. The van der Waals surface area contributed by atoms with Crippen molar-refractivity contribution >= 4 is 21.9 Å². The standard InChI is InChI=1S/C20H26BrN3O3/c1-13(2)26-20(25)14-5-4-6-15(9-14)27-16-7-8-18(22-11-16)17-12-23-24(3)19(17)10-21/h7-8,11-15H,4-6,9-10H2,1-3H3/t14-,15-/m0/s1. The average Bonchev–Trinajstić information content (AvgIpc) is 3.02. The third kappa shape index (κ3) is 4.89. The van der Waals surface area contributed by atoms with E-state index in [1.54, 1.807) is 6.20 Å². The van der Waals surface area contributed by atoms with E-state index in [2.05, 4.69) is 26.0 Å². The largest absolute Gasteiger partial charge is 0.489 e. The first-order valence-electron chi connectivity index (χ1n) is 9.38. The van der Waals surface area contributed by atoms with Crippen molar-refractivity contribution in [3.8, 4) is 17.0 Å². The van der Waals surface area contributed by atoms with Crippen molar-refractivity contribution < 1.29 is 14.3 Å². The van der Waals surface area contributed by atoms with E-state index in [1.807, 2.05) is 43.9 Å². The fourth-order valence-electron chi connectivity index (χ4n) is 3.43. The van der Waals surface area contributed by atoms with Crippen LogP contribution in [-0.2, 0) is 21.9 Å². The maximum Gasteiger partial charge on any atom is 0.309 e. The Balaban J connectivity index is 1.63. The third-order valence-electron chi connectivity index (χ3n) is 4.81. The van der Waals surface area contributed by atoms with Crippen LogP contribution in [0, 0.1) is 5.92 Å². The van der Waals surface area contributed by atoms with Gasteiger partial charge in [0.15, 0.2) is 0 Å². The highest BCUT2D eigenvalue weighted by molar-refractivity contribution is 9.08. The van der Waals surface area contributed by atoms with Crippen molar-refractivity contribution in [1.82, 2.24) is 14.8 Å². The molecule has 2 atom stereocenters. The molecule has 3 rings (SSSR count). The van der Waals surface area contributed by atoms with Gasteiger partial charge in [0, 0.05) is 17.9 Å². The van der Waals surface area contributed by atoms with Crippen LogP contribution in [-0.4, -0.2) is 32.9 Å². The zero-order valence-electron chi connectivity index (χ0n) is 16.0. The Hall–Kier alpha value is -1.89. The minimum Gasteiger partial charge on any atom is -0.489 e. The number of rotatable bonds is 6. The van der Waals surface area contributed by atoms with Crippen LogP contribution in [0.25, 0.3) is 11.3 Å². The van der Waals surface area contributed by atoms with E-state index in [4.69, 9.17) is 9.47 Å². The Labute approximate surface area is 168 Å². The molecule has 0 aromatic carbocycles. The molecule has 2 aromatic heterocycles. The van der Waals surface area contributed by atoms with E-state index in [0.29, 0.717) is 11.8 Å². The maximum absolute atomic E-state index is 12.2.